The molecular weight excluding hydrogens is 250 g/mol. The molecule has 0 radical (unpaired) electrons. The van der Waals surface area contributed by atoms with E-state index in [1.54, 1.807) is 16.7 Å². The van der Waals surface area contributed by atoms with Crippen molar-refractivity contribution in [1.29, 1.82) is 0 Å². The Bertz CT molecular complexity index is 521. The molecule has 0 aliphatic rings. The van der Waals surface area contributed by atoms with Gasteiger partial charge >= 0.3 is 5.97 Å². The summed E-state index contributed by atoms with van der Waals surface area (Å²) in [5.74, 6) is -0.744. The smallest absolute Gasteiger partial charge is 0.339 e. The summed E-state index contributed by atoms with van der Waals surface area (Å²) >= 11 is 3.22. The van der Waals surface area contributed by atoms with Crippen LogP contribution in [0.4, 0.5) is 5.82 Å². The van der Waals surface area contributed by atoms with Crippen molar-refractivity contribution in [2.24, 2.45) is 0 Å². The average Bonchev–Trinajstić information content (AvgIpc) is 2.43. The number of nitrogens with two attached hydrogens (primary N) is 1. The van der Waals surface area contributed by atoms with E-state index in [1.165, 1.54) is 6.07 Å². The number of aromatic carboxylic acids is 1. The summed E-state index contributed by atoms with van der Waals surface area (Å²) in [7, 11) is 0. The molecule has 0 spiro atoms. The van der Waals surface area contributed by atoms with Crippen molar-refractivity contribution in [3.05, 3.63) is 28.5 Å². The fourth-order valence-corrected chi connectivity index (χ4v) is 1.60. The molecule has 2 heterocycles. The van der Waals surface area contributed by atoms with E-state index in [1.807, 2.05) is 0 Å². The second-order valence-corrected chi connectivity index (χ2v) is 3.46. The molecule has 6 heteroatoms. The lowest BCUT2D eigenvalue weighted by atomic mass is 10.3. The van der Waals surface area contributed by atoms with Gasteiger partial charge in [0.1, 0.15) is 10.2 Å². The van der Waals surface area contributed by atoms with Gasteiger partial charge in [-0.05, 0) is 28.1 Å². The van der Waals surface area contributed by atoms with Crippen molar-refractivity contribution in [3.8, 4) is 0 Å². The molecule has 0 unspecified atom stereocenters. The van der Waals surface area contributed by atoms with Crippen molar-refractivity contribution < 1.29 is 9.90 Å². The van der Waals surface area contributed by atoms with Crippen LogP contribution in [-0.4, -0.2) is 20.5 Å². The number of imidazole rings is 1. The number of carbonyl (C=O) groups is 1. The molecule has 3 N–H and O–H groups in total. The Morgan fingerprint density at radius 2 is 2.36 bits per heavy atom. The predicted octanol–water partition coefficient (Wildman–Crippen LogP) is 1.38. The molecule has 0 aliphatic carbocycles. The lowest BCUT2D eigenvalue weighted by Gasteiger charge is -1.97. The minimum absolute atomic E-state index is 0.130. The average molecular weight is 256 g/mol. The number of carboxylic acid groups (broad SMARTS) is 1. The third-order valence-electron chi connectivity index (χ3n) is 1.85. The standard InChI is InChI=1S/C8H6BrN3O2/c9-5-6(10)11-7-4(8(13)14)2-1-3-12(5)7/h1-3H,10H2,(H,13,14). The van der Waals surface area contributed by atoms with Gasteiger partial charge in [-0.15, -0.1) is 0 Å². The van der Waals surface area contributed by atoms with Crippen LogP contribution in [0.1, 0.15) is 10.4 Å². The number of halogens is 1. The molecule has 0 fully saturated rings. The zero-order valence-corrected chi connectivity index (χ0v) is 8.52. The van der Waals surface area contributed by atoms with Crippen LogP contribution in [0.5, 0.6) is 0 Å². The van der Waals surface area contributed by atoms with Crippen LogP contribution in [0.15, 0.2) is 22.9 Å². The number of rotatable bonds is 1. The molecule has 2 rings (SSSR count). The first-order valence-corrected chi connectivity index (χ1v) is 4.56. The lowest BCUT2D eigenvalue weighted by molar-refractivity contribution is 0.0698. The molecule has 0 bridgehead atoms. The summed E-state index contributed by atoms with van der Waals surface area (Å²) in [5.41, 5.74) is 6.02. The van der Waals surface area contributed by atoms with Crippen LogP contribution < -0.4 is 5.73 Å². The topological polar surface area (TPSA) is 80.6 Å². The second kappa shape index (κ2) is 2.98. The fraction of sp³-hybridized carbons (Fsp3) is 0. The van der Waals surface area contributed by atoms with Crippen LogP contribution in [0, 0.1) is 0 Å². The summed E-state index contributed by atoms with van der Waals surface area (Å²) in [6.45, 7) is 0. The van der Waals surface area contributed by atoms with E-state index < -0.39 is 5.97 Å². The third-order valence-corrected chi connectivity index (χ3v) is 2.64. The first-order chi connectivity index (χ1) is 6.61. The molecule has 0 aliphatic heterocycles. The maximum absolute atomic E-state index is 10.8. The number of carboxylic acids is 1. The first kappa shape index (κ1) is 9.01. The molecule has 0 saturated heterocycles. The third kappa shape index (κ3) is 1.15. The minimum atomic E-state index is -1.02. The molecule has 14 heavy (non-hydrogen) atoms. The Hall–Kier alpha value is -1.56. The van der Waals surface area contributed by atoms with E-state index in [9.17, 15) is 4.79 Å². The largest absolute Gasteiger partial charge is 0.478 e. The minimum Gasteiger partial charge on any atom is -0.478 e. The van der Waals surface area contributed by atoms with Crippen molar-refractivity contribution >= 4 is 33.4 Å². The van der Waals surface area contributed by atoms with Crippen LogP contribution in [-0.2, 0) is 0 Å². The number of nitrogens with zero attached hydrogens (tertiary/aromatic N) is 2. The Kier molecular flexibility index (Phi) is 1.92. The number of hydrogen-bond acceptors (Lipinski definition) is 3. The van der Waals surface area contributed by atoms with E-state index in [0.29, 0.717) is 10.3 Å². The van der Waals surface area contributed by atoms with Gasteiger partial charge in [0, 0.05) is 6.20 Å². The highest BCUT2D eigenvalue weighted by molar-refractivity contribution is 9.10. The van der Waals surface area contributed by atoms with Crippen LogP contribution in [0.3, 0.4) is 0 Å². The summed E-state index contributed by atoms with van der Waals surface area (Å²) in [6, 6.07) is 3.11. The van der Waals surface area contributed by atoms with Gasteiger partial charge in [0.25, 0.3) is 0 Å². The summed E-state index contributed by atoms with van der Waals surface area (Å²) in [5, 5.41) is 8.87. The highest BCUT2D eigenvalue weighted by Crippen LogP contribution is 2.22. The molecule has 0 aromatic carbocycles. The highest BCUT2D eigenvalue weighted by atomic mass is 79.9. The van der Waals surface area contributed by atoms with E-state index in [-0.39, 0.29) is 11.4 Å². The normalized spacial score (nSPS) is 10.6. The zero-order valence-electron chi connectivity index (χ0n) is 6.94. The molecule has 72 valence electrons. The first-order valence-electron chi connectivity index (χ1n) is 3.76. The Balaban J connectivity index is 2.88. The molecule has 0 saturated carbocycles. The lowest BCUT2D eigenvalue weighted by Crippen LogP contribution is -2.00. The SMILES string of the molecule is Nc1nc2c(C(=O)O)cccn2c1Br. The number of nitrogen functional groups attached to an aromatic ring is 1. The van der Waals surface area contributed by atoms with Crippen LogP contribution in [0.25, 0.3) is 5.65 Å². The maximum atomic E-state index is 10.8. The maximum Gasteiger partial charge on any atom is 0.339 e. The molecule has 0 amide bonds. The molecule has 2 aromatic heterocycles. The van der Waals surface area contributed by atoms with Crippen molar-refractivity contribution in [1.82, 2.24) is 9.38 Å². The second-order valence-electron chi connectivity index (χ2n) is 2.71. The van der Waals surface area contributed by atoms with Gasteiger partial charge in [0.15, 0.2) is 11.5 Å². The van der Waals surface area contributed by atoms with Crippen LogP contribution in [0.2, 0.25) is 0 Å². The van der Waals surface area contributed by atoms with E-state index >= 15 is 0 Å². The van der Waals surface area contributed by atoms with E-state index in [4.69, 9.17) is 10.8 Å². The van der Waals surface area contributed by atoms with Crippen LogP contribution >= 0.6 is 15.9 Å². The van der Waals surface area contributed by atoms with E-state index in [2.05, 4.69) is 20.9 Å². The zero-order chi connectivity index (χ0) is 10.3. The quantitative estimate of drug-likeness (QED) is 0.807. The predicted molar refractivity (Wildman–Crippen MR) is 54.3 cm³/mol. The van der Waals surface area contributed by atoms with Crippen molar-refractivity contribution in [3.63, 3.8) is 0 Å². The molecule has 5 nitrogen and oxygen atoms in total. The molecule has 0 atom stereocenters. The van der Waals surface area contributed by atoms with Gasteiger partial charge in [-0.25, -0.2) is 9.78 Å². The number of aromatic nitrogens is 2. The summed E-state index contributed by atoms with van der Waals surface area (Å²) in [4.78, 5) is 14.8. The van der Waals surface area contributed by atoms with Gasteiger partial charge < -0.3 is 10.8 Å². The number of pyridine rings is 1. The summed E-state index contributed by atoms with van der Waals surface area (Å²) < 4.78 is 2.15. The Labute approximate surface area is 87.3 Å². The monoisotopic (exact) mass is 255 g/mol. The van der Waals surface area contributed by atoms with Crippen molar-refractivity contribution in [2.75, 3.05) is 5.73 Å². The van der Waals surface area contributed by atoms with Crippen molar-refractivity contribution in [2.45, 2.75) is 0 Å². The fourth-order valence-electron chi connectivity index (χ4n) is 1.22. The number of anilines is 1. The summed E-state index contributed by atoms with van der Waals surface area (Å²) in [6.07, 6.45) is 1.69. The van der Waals surface area contributed by atoms with Gasteiger partial charge in [-0.2, -0.15) is 0 Å². The van der Waals surface area contributed by atoms with Gasteiger partial charge in [-0.3, -0.25) is 4.40 Å². The van der Waals surface area contributed by atoms with Gasteiger partial charge in [0.05, 0.1) is 0 Å². The van der Waals surface area contributed by atoms with E-state index in [0.717, 1.165) is 0 Å². The Morgan fingerprint density at radius 1 is 1.64 bits per heavy atom. The molecule has 2 aromatic rings. The number of fused-ring (bicyclic) bond motifs is 1. The molecular formula is C8H6BrN3O2. The number of hydrogen-bond donors (Lipinski definition) is 2. The van der Waals surface area contributed by atoms with Gasteiger partial charge in [0.2, 0.25) is 0 Å². The van der Waals surface area contributed by atoms with Gasteiger partial charge in [-0.1, -0.05) is 0 Å². The Morgan fingerprint density at radius 3 is 3.00 bits per heavy atom. The highest BCUT2D eigenvalue weighted by Gasteiger charge is 2.13.